The number of rotatable bonds is 4. The number of nitrogens with one attached hydrogen (secondary N) is 2. The van der Waals surface area contributed by atoms with Crippen LogP contribution in [-0.2, 0) is 15.4 Å². The van der Waals surface area contributed by atoms with E-state index in [0.29, 0.717) is 5.82 Å². The molecular weight excluding hydrogens is 300 g/mol. The number of anilines is 3. The van der Waals surface area contributed by atoms with Crippen molar-refractivity contribution in [1.82, 2.24) is 10.2 Å². The van der Waals surface area contributed by atoms with Crippen molar-refractivity contribution in [1.29, 1.82) is 0 Å². The minimum absolute atomic E-state index is 0.00515. The molecule has 0 saturated heterocycles. The van der Waals surface area contributed by atoms with E-state index >= 15 is 0 Å². The maximum Gasteiger partial charge on any atom is 0.231 e. The van der Waals surface area contributed by atoms with Gasteiger partial charge in [0.25, 0.3) is 0 Å². The van der Waals surface area contributed by atoms with Gasteiger partial charge in [0.1, 0.15) is 0 Å². The Morgan fingerprint density at radius 3 is 2.09 bits per heavy atom. The fourth-order valence-electron chi connectivity index (χ4n) is 2.03. The van der Waals surface area contributed by atoms with Crippen molar-refractivity contribution in [2.45, 2.75) is 26.2 Å². The average Bonchev–Trinajstić information content (AvgIpc) is 2.39. The van der Waals surface area contributed by atoms with E-state index in [1.54, 1.807) is 12.1 Å². The van der Waals surface area contributed by atoms with Crippen LogP contribution >= 0.6 is 0 Å². The molecule has 0 atom stereocenters. The van der Waals surface area contributed by atoms with E-state index in [9.17, 15) is 8.42 Å². The number of sulfonamides is 1. The number of benzene rings is 1. The van der Waals surface area contributed by atoms with Gasteiger partial charge in [-0.15, -0.1) is 10.2 Å². The molecule has 0 spiro atoms. The van der Waals surface area contributed by atoms with Gasteiger partial charge in [-0.1, -0.05) is 39.0 Å². The van der Waals surface area contributed by atoms with Gasteiger partial charge >= 0.3 is 0 Å². The van der Waals surface area contributed by atoms with E-state index < -0.39 is 10.0 Å². The second kappa shape index (κ2) is 5.92. The Morgan fingerprint density at radius 2 is 1.55 bits per heavy atom. The lowest BCUT2D eigenvalue weighted by molar-refractivity contribution is 0.592. The topological polar surface area (TPSA) is 84.0 Å². The Morgan fingerprint density at radius 1 is 0.955 bits per heavy atom. The molecule has 0 aliphatic heterocycles. The largest absolute Gasteiger partial charge is 0.338 e. The fraction of sp³-hybridized carbons (Fsp3) is 0.333. The van der Waals surface area contributed by atoms with Crippen molar-refractivity contribution in [2.24, 2.45) is 0 Å². The van der Waals surface area contributed by atoms with Gasteiger partial charge in [0.05, 0.1) is 6.26 Å². The van der Waals surface area contributed by atoms with E-state index in [4.69, 9.17) is 0 Å². The normalized spacial score (nSPS) is 12.0. The molecule has 1 heterocycles. The monoisotopic (exact) mass is 320 g/mol. The summed E-state index contributed by atoms with van der Waals surface area (Å²) in [7, 11) is -3.35. The summed E-state index contributed by atoms with van der Waals surface area (Å²) >= 11 is 0. The zero-order chi connectivity index (χ0) is 16.4. The Bertz CT molecular complexity index is 750. The third-order valence-corrected chi connectivity index (χ3v) is 3.53. The van der Waals surface area contributed by atoms with Crippen molar-refractivity contribution < 1.29 is 8.42 Å². The molecule has 0 bridgehead atoms. The highest BCUT2D eigenvalue weighted by Crippen LogP contribution is 2.30. The molecule has 2 rings (SSSR count). The molecule has 7 heteroatoms. The van der Waals surface area contributed by atoms with Crippen LogP contribution in [0.1, 0.15) is 26.3 Å². The van der Waals surface area contributed by atoms with Crippen LogP contribution in [0.2, 0.25) is 0 Å². The van der Waals surface area contributed by atoms with Crippen LogP contribution in [0.4, 0.5) is 17.3 Å². The molecule has 22 heavy (non-hydrogen) atoms. The van der Waals surface area contributed by atoms with Crippen molar-refractivity contribution in [3.05, 3.63) is 42.0 Å². The van der Waals surface area contributed by atoms with Gasteiger partial charge in [0, 0.05) is 5.69 Å². The van der Waals surface area contributed by atoms with E-state index in [0.717, 1.165) is 17.5 Å². The molecule has 2 N–H and O–H groups in total. The summed E-state index contributed by atoms with van der Waals surface area (Å²) in [5.74, 6) is 0.743. The molecule has 0 radical (unpaired) electrons. The van der Waals surface area contributed by atoms with Crippen LogP contribution in [0.3, 0.4) is 0 Å². The van der Waals surface area contributed by atoms with Gasteiger partial charge in [0.15, 0.2) is 11.6 Å². The van der Waals surface area contributed by atoms with E-state index in [1.807, 2.05) is 18.2 Å². The van der Waals surface area contributed by atoms with Gasteiger partial charge in [-0.2, -0.15) is 0 Å². The molecule has 0 unspecified atom stereocenters. The van der Waals surface area contributed by atoms with E-state index in [2.05, 4.69) is 47.1 Å². The van der Waals surface area contributed by atoms with Gasteiger partial charge in [0.2, 0.25) is 10.0 Å². The molecule has 0 saturated carbocycles. The maximum absolute atomic E-state index is 11.1. The van der Waals surface area contributed by atoms with Gasteiger partial charge in [-0.25, -0.2) is 8.42 Å². The number of para-hydroxylation sites is 1. The van der Waals surface area contributed by atoms with E-state index in [-0.39, 0.29) is 11.2 Å². The maximum atomic E-state index is 11.1. The lowest BCUT2D eigenvalue weighted by atomic mass is 9.86. The molecule has 2 aromatic rings. The first-order chi connectivity index (χ1) is 10.1. The highest BCUT2D eigenvalue weighted by molar-refractivity contribution is 7.92. The summed E-state index contributed by atoms with van der Waals surface area (Å²) in [6.07, 6.45) is 1.07. The molecule has 6 nitrogen and oxygen atoms in total. The first-order valence-corrected chi connectivity index (χ1v) is 8.72. The number of aromatic nitrogens is 2. The van der Waals surface area contributed by atoms with Gasteiger partial charge in [-0.3, -0.25) is 4.72 Å². The standard InChI is InChI=1S/C15H20N4O2S/c1-15(2,3)11-7-5-6-8-12(11)16-13-9-10-14(18-17-13)19-22(4,20)21/h5-10H,1-4H3,(H,16,17)(H,18,19). The predicted octanol–water partition coefficient (Wildman–Crippen LogP) is 2.89. The molecule has 1 aromatic carbocycles. The number of hydrogen-bond donors (Lipinski definition) is 2. The predicted molar refractivity (Wildman–Crippen MR) is 88.9 cm³/mol. The second-order valence-corrected chi connectivity index (χ2v) is 7.85. The minimum Gasteiger partial charge on any atom is -0.338 e. The number of nitrogens with zero attached hydrogens (tertiary/aromatic N) is 2. The quantitative estimate of drug-likeness (QED) is 0.905. The van der Waals surface area contributed by atoms with Gasteiger partial charge in [-0.05, 0) is 29.2 Å². The Labute approximate surface area is 131 Å². The Hall–Kier alpha value is -2.15. The van der Waals surface area contributed by atoms with Crippen LogP contribution in [0.15, 0.2) is 36.4 Å². The molecule has 0 aliphatic carbocycles. The third-order valence-electron chi connectivity index (χ3n) is 2.95. The Kier molecular flexibility index (Phi) is 4.37. The van der Waals surface area contributed by atoms with Crippen LogP contribution in [0.25, 0.3) is 0 Å². The Balaban J connectivity index is 2.22. The van der Waals surface area contributed by atoms with Crippen LogP contribution in [-0.4, -0.2) is 24.9 Å². The SMILES string of the molecule is CC(C)(C)c1ccccc1Nc1ccc(NS(C)(=O)=O)nn1. The summed E-state index contributed by atoms with van der Waals surface area (Å²) in [5, 5.41) is 11.1. The first-order valence-electron chi connectivity index (χ1n) is 6.83. The van der Waals surface area contributed by atoms with Crippen LogP contribution in [0.5, 0.6) is 0 Å². The highest BCUT2D eigenvalue weighted by Gasteiger charge is 2.17. The van der Waals surface area contributed by atoms with Crippen LogP contribution in [0, 0.1) is 0 Å². The lowest BCUT2D eigenvalue weighted by Gasteiger charge is -2.23. The minimum atomic E-state index is -3.35. The number of hydrogen-bond acceptors (Lipinski definition) is 5. The molecule has 0 amide bonds. The molecule has 0 fully saturated rings. The third kappa shape index (κ3) is 4.42. The highest BCUT2D eigenvalue weighted by atomic mass is 32.2. The summed E-state index contributed by atoms with van der Waals surface area (Å²) in [6, 6.07) is 11.2. The summed E-state index contributed by atoms with van der Waals surface area (Å²) in [6.45, 7) is 6.41. The average molecular weight is 320 g/mol. The van der Waals surface area contributed by atoms with Crippen LogP contribution < -0.4 is 10.0 Å². The molecule has 1 aromatic heterocycles. The zero-order valence-electron chi connectivity index (χ0n) is 13.1. The van der Waals surface area contributed by atoms with Crippen molar-refractivity contribution >= 4 is 27.3 Å². The molecule has 118 valence electrons. The zero-order valence-corrected chi connectivity index (χ0v) is 13.9. The summed E-state index contributed by atoms with van der Waals surface area (Å²) in [4.78, 5) is 0. The van der Waals surface area contributed by atoms with Gasteiger partial charge < -0.3 is 5.32 Å². The smallest absolute Gasteiger partial charge is 0.231 e. The van der Waals surface area contributed by atoms with E-state index in [1.165, 1.54) is 0 Å². The molecular formula is C15H20N4O2S. The van der Waals surface area contributed by atoms with Crippen molar-refractivity contribution in [3.63, 3.8) is 0 Å². The first kappa shape index (κ1) is 16.2. The lowest BCUT2D eigenvalue weighted by Crippen LogP contribution is -2.14. The molecule has 0 aliphatic rings. The fourth-order valence-corrected chi connectivity index (χ4v) is 2.52. The second-order valence-electron chi connectivity index (χ2n) is 6.10. The van der Waals surface area contributed by atoms with Crippen molar-refractivity contribution in [3.8, 4) is 0 Å². The summed E-state index contributed by atoms with van der Waals surface area (Å²) in [5.41, 5.74) is 2.11. The summed E-state index contributed by atoms with van der Waals surface area (Å²) < 4.78 is 24.6. The van der Waals surface area contributed by atoms with Crippen molar-refractivity contribution in [2.75, 3.05) is 16.3 Å².